The molecule has 1 heterocycles. The lowest BCUT2D eigenvalue weighted by molar-refractivity contribution is -0.123. The second kappa shape index (κ2) is 12.3. The predicted molar refractivity (Wildman–Crippen MR) is 145 cm³/mol. The highest BCUT2D eigenvalue weighted by Crippen LogP contribution is 2.45. The van der Waals surface area contributed by atoms with Gasteiger partial charge in [-0.25, -0.2) is 5.43 Å². The van der Waals surface area contributed by atoms with E-state index < -0.39 is 0 Å². The number of amides is 1. The van der Waals surface area contributed by atoms with Crippen molar-refractivity contribution in [1.29, 1.82) is 0 Å². The first-order chi connectivity index (χ1) is 16.6. The number of nitrogens with one attached hydrogen (secondary N) is 1. The Kier molecular flexibility index (Phi) is 8.96. The zero-order chi connectivity index (χ0) is 23.8. The van der Waals surface area contributed by atoms with Crippen LogP contribution in [0.1, 0.15) is 26.8 Å². The van der Waals surface area contributed by atoms with Gasteiger partial charge in [0.25, 0.3) is 5.91 Å². The number of benzene rings is 3. The number of hydrazone groups is 1. The van der Waals surface area contributed by atoms with Gasteiger partial charge in [-0.1, -0.05) is 57.9 Å². The Bertz CT molecular complexity index is 1130. The Balaban J connectivity index is 1.27. The highest BCUT2D eigenvalue weighted by molar-refractivity contribution is 9.10. The van der Waals surface area contributed by atoms with Gasteiger partial charge in [-0.05, 0) is 48.4 Å². The van der Waals surface area contributed by atoms with Crippen molar-refractivity contribution >= 4 is 51.6 Å². The van der Waals surface area contributed by atoms with Crippen molar-refractivity contribution in [2.45, 2.75) is 18.1 Å². The molecule has 1 aliphatic heterocycles. The molecule has 0 bridgehead atoms. The molecule has 1 fully saturated rings. The van der Waals surface area contributed by atoms with Crippen LogP contribution in [-0.2, 0) is 11.4 Å². The van der Waals surface area contributed by atoms with Gasteiger partial charge in [0.1, 0.15) is 18.1 Å². The number of rotatable bonds is 9. The lowest BCUT2D eigenvalue weighted by Crippen LogP contribution is -2.24. The fourth-order valence-corrected chi connectivity index (χ4v) is 6.46. The number of hydrogen-bond donors (Lipinski definition) is 1. The molecule has 8 heteroatoms. The summed E-state index contributed by atoms with van der Waals surface area (Å²) in [7, 11) is 0. The molecule has 1 aliphatic rings. The summed E-state index contributed by atoms with van der Waals surface area (Å²) in [4.78, 5) is 12.2. The summed E-state index contributed by atoms with van der Waals surface area (Å²) in [5, 5.41) is 4.08. The smallest absolute Gasteiger partial charge is 0.277 e. The van der Waals surface area contributed by atoms with E-state index >= 15 is 0 Å². The van der Waals surface area contributed by atoms with E-state index in [0.29, 0.717) is 22.7 Å². The summed E-state index contributed by atoms with van der Waals surface area (Å²) in [5.41, 5.74) is 6.83. The molecule has 0 saturated carbocycles. The minimum Gasteiger partial charge on any atom is -0.488 e. The van der Waals surface area contributed by atoms with Gasteiger partial charge < -0.3 is 9.47 Å². The first-order valence-electron chi connectivity index (χ1n) is 10.8. The van der Waals surface area contributed by atoms with Crippen LogP contribution in [0.3, 0.4) is 0 Å². The van der Waals surface area contributed by atoms with E-state index in [1.165, 1.54) is 22.6 Å². The molecule has 0 aliphatic carbocycles. The van der Waals surface area contributed by atoms with Crippen molar-refractivity contribution in [3.05, 3.63) is 93.5 Å². The van der Waals surface area contributed by atoms with Crippen LogP contribution in [0.25, 0.3) is 0 Å². The Morgan fingerprint density at radius 2 is 1.79 bits per heavy atom. The Labute approximate surface area is 216 Å². The molecule has 176 valence electrons. The standard InChI is InChI=1S/C26H25BrN2O3S2/c1-18-2-4-19(5-3-18)16-32-24-11-8-22(27)14-21(24)15-28-29-25(30)17-31-23-9-6-20(7-10-23)26-33-12-13-34-26/h2-11,14-15,26H,12-13,16-17H2,1H3,(H,29,30)/b28-15-. The fraction of sp³-hybridized carbons (Fsp3) is 0.231. The highest BCUT2D eigenvalue weighted by Gasteiger charge is 2.18. The Hall–Kier alpha value is -2.42. The second-order valence-electron chi connectivity index (χ2n) is 7.68. The number of nitrogens with zero attached hydrogens (tertiary/aromatic N) is 1. The topological polar surface area (TPSA) is 59.9 Å². The Morgan fingerprint density at radius 3 is 2.53 bits per heavy atom. The molecule has 0 aromatic heterocycles. The Morgan fingerprint density at radius 1 is 1.06 bits per heavy atom. The molecule has 5 nitrogen and oxygen atoms in total. The monoisotopic (exact) mass is 556 g/mol. The molecule has 3 aromatic carbocycles. The molecule has 1 saturated heterocycles. The maximum absolute atomic E-state index is 12.2. The molecule has 4 rings (SSSR count). The van der Waals surface area contributed by atoms with E-state index in [-0.39, 0.29) is 12.5 Å². The second-order valence-corrected chi connectivity index (χ2v) is 11.3. The van der Waals surface area contributed by atoms with Crippen LogP contribution < -0.4 is 14.9 Å². The van der Waals surface area contributed by atoms with E-state index in [2.05, 4.69) is 57.6 Å². The normalized spacial score (nSPS) is 13.8. The molecule has 0 atom stereocenters. The maximum atomic E-state index is 12.2. The molecular formula is C26H25BrN2O3S2. The van der Waals surface area contributed by atoms with Crippen LogP contribution in [0.5, 0.6) is 11.5 Å². The maximum Gasteiger partial charge on any atom is 0.277 e. The third kappa shape index (κ3) is 7.29. The number of aryl methyl sites for hydroxylation is 1. The summed E-state index contributed by atoms with van der Waals surface area (Å²) >= 11 is 7.39. The van der Waals surface area contributed by atoms with Gasteiger partial charge >= 0.3 is 0 Å². The van der Waals surface area contributed by atoms with Crippen molar-refractivity contribution in [3.8, 4) is 11.5 Å². The number of carbonyl (C=O) groups excluding carboxylic acids is 1. The lowest BCUT2D eigenvalue weighted by Gasteiger charge is -2.10. The first-order valence-corrected chi connectivity index (χ1v) is 13.7. The predicted octanol–water partition coefficient (Wildman–Crippen LogP) is 6.34. The molecule has 0 spiro atoms. The minimum absolute atomic E-state index is 0.112. The summed E-state index contributed by atoms with van der Waals surface area (Å²) in [5.74, 6) is 3.38. The number of thioether (sulfide) groups is 2. The van der Waals surface area contributed by atoms with E-state index in [1.807, 2.05) is 66.0 Å². The minimum atomic E-state index is -0.334. The van der Waals surface area contributed by atoms with Crippen LogP contribution in [0, 0.1) is 6.92 Å². The van der Waals surface area contributed by atoms with Crippen LogP contribution in [-0.4, -0.2) is 30.2 Å². The van der Waals surface area contributed by atoms with E-state index in [9.17, 15) is 4.79 Å². The fourth-order valence-electron chi connectivity index (χ4n) is 3.22. The highest BCUT2D eigenvalue weighted by atomic mass is 79.9. The molecule has 1 N–H and O–H groups in total. The van der Waals surface area contributed by atoms with Gasteiger partial charge in [0.05, 0.1) is 10.8 Å². The van der Waals surface area contributed by atoms with Crippen molar-refractivity contribution < 1.29 is 14.3 Å². The summed E-state index contributed by atoms with van der Waals surface area (Å²) in [6, 6.07) is 21.8. The van der Waals surface area contributed by atoms with E-state index in [0.717, 1.165) is 15.6 Å². The number of carbonyl (C=O) groups is 1. The first kappa shape index (κ1) is 24.7. The van der Waals surface area contributed by atoms with Crippen molar-refractivity contribution in [2.24, 2.45) is 5.10 Å². The van der Waals surface area contributed by atoms with Crippen LogP contribution in [0.2, 0.25) is 0 Å². The van der Waals surface area contributed by atoms with E-state index in [1.54, 1.807) is 6.21 Å². The summed E-state index contributed by atoms with van der Waals surface area (Å²) in [6.45, 7) is 2.39. The van der Waals surface area contributed by atoms with Gasteiger partial charge in [0, 0.05) is 21.5 Å². The van der Waals surface area contributed by atoms with E-state index in [4.69, 9.17) is 9.47 Å². The molecule has 34 heavy (non-hydrogen) atoms. The van der Waals surface area contributed by atoms with Crippen molar-refractivity contribution in [2.75, 3.05) is 18.1 Å². The zero-order valence-electron chi connectivity index (χ0n) is 18.7. The largest absolute Gasteiger partial charge is 0.488 e. The van der Waals surface area contributed by atoms with Crippen molar-refractivity contribution in [3.63, 3.8) is 0 Å². The average Bonchev–Trinajstić information content (AvgIpc) is 3.39. The SMILES string of the molecule is Cc1ccc(COc2ccc(Br)cc2/C=N\NC(=O)COc2ccc(C3SCCS3)cc2)cc1. The molecule has 0 radical (unpaired) electrons. The summed E-state index contributed by atoms with van der Waals surface area (Å²) < 4.78 is 13.0. The number of halogens is 1. The molecule has 0 unspecified atom stereocenters. The third-order valence-corrected chi connectivity index (χ3v) is 8.62. The van der Waals surface area contributed by atoms with Gasteiger partial charge in [0.2, 0.25) is 0 Å². The van der Waals surface area contributed by atoms with Crippen LogP contribution >= 0.6 is 39.5 Å². The third-order valence-electron chi connectivity index (χ3n) is 5.02. The van der Waals surface area contributed by atoms with Gasteiger partial charge in [-0.3, -0.25) is 4.79 Å². The van der Waals surface area contributed by atoms with Crippen LogP contribution in [0.15, 0.2) is 76.3 Å². The lowest BCUT2D eigenvalue weighted by atomic mass is 10.1. The molecule has 3 aromatic rings. The van der Waals surface area contributed by atoms with Crippen LogP contribution in [0.4, 0.5) is 0 Å². The average molecular weight is 558 g/mol. The van der Waals surface area contributed by atoms with Gasteiger partial charge in [-0.15, -0.1) is 23.5 Å². The van der Waals surface area contributed by atoms with Crippen molar-refractivity contribution in [1.82, 2.24) is 5.43 Å². The van der Waals surface area contributed by atoms with Gasteiger partial charge in [0.15, 0.2) is 6.61 Å². The number of ether oxygens (including phenoxy) is 2. The quantitative estimate of drug-likeness (QED) is 0.246. The van der Waals surface area contributed by atoms with Gasteiger partial charge in [-0.2, -0.15) is 5.10 Å². The zero-order valence-corrected chi connectivity index (χ0v) is 21.9. The molecular weight excluding hydrogens is 532 g/mol. The number of hydrogen-bond acceptors (Lipinski definition) is 6. The summed E-state index contributed by atoms with van der Waals surface area (Å²) in [6.07, 6.45) is 1.57. The molecule has 1 amide bonds.